The first-order valence-corrected chi connectivity index (χ1v) is 6.59. The van der Waals surface area contributed by atoms with E-state index in [1.807, 2.05) is 0 Å². The Labute approximate surface area is 97.3 Å². The molecule has 1 N–H and O–H groups in total. The Morgan fingerprint density at radius 1 is 1.53 bits per heavy atom. The molecule has 0 spiro atoms. The fraction of sp³-hybridized carbons (Fsp3) is 0.667. The molecule has 86 valence electrons. The van der Waals surface area contributed by atoms with Crippen LogP contribution in [-0.4, -0.2) is 31.1 Å². The third kappa shape index (κ3) is 5.30. The quantitative estimate of drug-likeness (QED) is 0.769. The molecule has 1 aromatic rings. The molecule has 0 bridgehead atoms. The highest BCUT2D eigenvalue weighted by Crippen LogP contribution is 2.07. The van der Waals surface area contributed by atoms with Crippen molar-refractivity contribution in [1.29, 1.82) is 0 Å². The standard InChI is InChI=1S/C12H22N2S/c1-4-11(2)13-6-7-14(3)9-12-5-8-15-10-12/h5,8,10-11,13H,4,6-7,9H2,1-3H3. The second-order valence-electron chi connectivity index (χ2n) is 4.13. The highest BCUT2D eigenvalue weighted by molar-refractivity contribution is 7.07. The van der Waals surface area contributed by atoms with Crippen molar-refractivity contribution in [3.8, 4) is 0 Å². The van der Waals surface area contributed by atoms with Crippen molar-refractivity contribution in [3.63, 3.8) is 0 Å². The molecule has 1 rings (SSSR count). The van der Waals surface area contributed by atoms with E-state index in [1.165, 1.54) is 12.0 Å². The Hall–Kier alpha value is -0.380. The molecule has 1 atom stereocenters. The van der Waals surface area contributed by atoms with Gasteiger partial charge in [-0.05, 0) is 42.8 Å². The maximum Gasteiger partial charge on any atom is 0.0239 e. The van der Waals surface area contributed by atoms with Crippen LogP contribution < -0.4 is 5.32 Å². The summed E-state index contributed by atoms with van der Waals surface area (Å²) in [6.45, 7) is 7.70. The van der Waals surface area contributed by atoms with Gasteiger partial charge in [0.1, 0.15) is 0 Å². The van der Waals surface area contributed by atoms with Gasteiger partial charge < -0.3 is 10.2 Å². The first-order valence-electron chi connectivity index (χ1n) is 5.65. The van der Waals surface area contributed by atoms with Crippen LogP contribution >= 0.6 is 11.3 Å². The van der Waals surface area contributed by atoms with Crippen LogP contribution in [0.2, 0.25) is 0 Å². The topological polar surface area (TPSA) is 15.3 Å². The first kappa shape index (κ1) is 12.7. The molecule has 0 fully saturated rings. The van der Waals surface area contributed by atoms with Gasteiger partial charge in [0.2, 0.25) is 0 Å². The van der Waals surface area contributed by atoms with Crippen molar-refractivity contribution in [2.45, 2.75) is 32.9 Å². The Balaban J connectivity index is 2.11. The highest BCUT2D eigenvalue weighted by atomic mass is 32.1. The number of likely N-dealkylation sites (N-methyl/N-ethyl adjacent to an activating group) is 1. The van der Waals surface area contributed by atoms with Gasteiger partial charge in [-0.3, -0.25) is 0 Å². The predicted molar refractivity (Wildman–Crippen MR) is 68.4 cm³/mol. The molecule has 3 heteroatoms. The second-order valence-corrected chi connectivity index (χ2v) is 4.91. The van der Waals surface area contributed by atoms with Gasteiger partial charge in [-0.2, -0.15) is 11.3 Å². The molecule has 15 heavy (non-hydrogen) atoms. The minimum Gasteiger partial charge on any atom is -0.313 e. The maximum absolute atomic E-state index is 3.50. The van der Waals surface area contributed by atoms with Crippen LogP contribution in [0.1, 0.15) is 25.8 Å². The molecule has 0 radical (unpaired) electrons. The fourth-order valence-electron chi connectivity index (χ4n) is 1.42. The molecular formula is C12H22N2S. The van der Waals surface area contributed by atoms with Crippen LogP contribution in [0, 0.1) is 0 Å². The van der Waals surface area contributed by atoms with Gasteiger partial charge in [0, 0.05) is 25.7 Å². The van der Waals surface area contributed by atoms with Crippen molar-refractivity contribution < 1.29 is 0 Å². The molecule has 1 aromatic heterocycles. The average molecular weight is 226 g/mol. The maximum atomic E-state index is 3.50. The van der Waals surface area contributed by atoms with Gasteiger partial charge in [-0.1, -0.05) is 6.92 Å². The molecule has 0 aliphatic carbocycles. The lowest BCUT2D eigenvalue weighted by Crippen LogP contribution is -2.33. The normalized spacial score (nSPS) is 13.3. The van der Waals surface area contributed by atoms with Crippen molar-refractivity contribution >= 4 is 11.3 Å². The van der Waals surface area contributed by atoms with E-state index >= 15 is 0 Å². The number of nitrogens with zero attached hydrogens (tertiary/aromatic N) is 1. The zero-order valence-electron chi connectivity index (χ0n) is 9.99. The summed E-state index contributed by atoms with van der Waals surface area (Å²) in [5.74, 6) is 0. The Morgan fingerprint density at radius 2 is 2.33 bits per heavy atom. The van der Waals surface area contributed by atoms with Crippen molar-refractivity contribution in [3.05, 3.63) is 22.4 Å². The molecule has 0 aliphatic rings. The predicted octanol–water partition coefficient (Wildman–Crippen LogP) is 2.57. The van der Waals surface area contributed by atoms with E-state index in [-0.39, 0.29) is 0 Å². The molecular weight excluding hydrogens is 204 g/mol. The van der Waals surface area contributed by atoms with Gasteiger partial charge in [-0.25, -0.2) is 0 Å². The Kier molecular flexibility index (Phi) is 5.91. The summed E-state index contributed by atoms with van der Waals surface area (Å²) in [6, 6.07) is 2.84. The van der Waals surface area contributed by atoms with E-state index in [2.05, 4.69) is 47.9 Å². The molecule has 1 heterocycles. The summed E-state index contributed by atoms with van der Waals surface area (Å²) in [7, 11) is 2.18. The monoisotopic (exact) mass is 226 g/mol. The second kappa shape index (κ2) is 6.99. The number of thiophene rings is 1. The lowest BCUT2D eigenvalue weighted by molar-refractivity contribution is 0.318. The zero-order chi connectivity index (χ0) is 11.1. The zero-order valence-corrected chi connectivity index (χ0v) is 10.8. The van der Waals surface area contributed by atoms with Crippen LogP contribution in [-0.2, 0) is 6.54 Å². The Morgan fingerprint density at radius 3 is 2.93 bits per heavy atom. The third-order valence-electron chi connectivity index (χ3n) is 2.63. The van der Waals surface area contributed by atoms with E-state index < -0.39 is 0 Å². The van der Waals surface area contributed by atoms with Gasteiger partial charge in [0.05, 0.1) is 0 Å². The fourth-order valence-corrected chi connectivity index (χ4v) is 2.08. The summed E-state index contributed by atoms with van der Waals surface area (Å²) in [6.07, 6.45) is 1.20. The SMILES string of the molecule is CCC(C)NCCN(C)Cc1ccsc1. The number of nitrogens with one attached hydrogen (secondary N) is 1. The van der Waals surface area contributed by atoms with E-state index in [9.17, 15) is 0 Å². The summed E-state index contributed by atoms with van der Waals surface area (Å²) in [5, 5.41) is 7.86. The summed E-state index contributed by atoms with van der Waals surface area (Å²) >= 11 is 1.77. The minimum absolute atomic E-state index is 0.638. The van der Waals surface area contributed by atoms with Gasteiger partial charge in [0.25, 0.3) is 0 Å². The van der Waals surface area contributed by atoms with Crippen molar-refractivity contribution in [1.82, 2.24) is 10.2 Å². The lowest BCUT2D eigenvalue weighted by atomic mass is 10.2. The van der Waals surface area contributed by atoms with Crippen LogP contribution in [0.15, 0.2) is 16.8 Å². The molecule has 0 saturated heterocycles. The molecule has 0 amide bonds. The average Bonchev–Trinajstić information content (AvgIpc) is 2.70. The minimum atomic E-state index is 0.638. The molecule has 0 saturated carbocycles. The molecule has 2 nitrogen and oxygen atoms in total. The number of hydrogen-bond acceptors (Lipinski definition) is 3. The highest BCUT2D eigenvalue weighted by Gasteiger charge is 2.01. The van der Waals surface area contributed by atoms with Gasteiger partial charge in [-0.15, -0.1) is 0 Å². The Bertz CT molecular complexity index is 246. The first-order chi connectivity index (χ1) is 7.22. The largest absolute Gasteiger partial charge is 0.313 e. The summed E-state index contributed by atoms with van der Waals surface area (Å²) < 4.78 is 0. The van der Waals surface area contributed by atoms with Crippen LogP contribution in [0.5, 0.6) is 0 Å². The molecule has 1 unspecified atom stereocenters. The van der Waals surface area contributed by atoms with E-state index in [1.54, 1.807) is 11.3 Å². The van der Waals surface area contributed by atoms with Crippen molar-refractivity contribution in [2.75, 3.05) is 20.1 Å². The van der Waals surface area contributed by atoms with Crippen LogP contribution in [0.25, 0.3) is 0 Å². The number of rotatable bonds is 7. The number of hydrogen-bond donors (Lipinski definition) is 1. The van der Waals surface area contributed by atoms with E-state index in [0.717, 1.165) is 19.6 Å². The molecule has 0 aromatic carbocycles. The van der Waals surface area contributed by atoms with E-state index in [4.69, 9.17) is 0 Å². The van der Waals surface area contributed by atoms with Crippen LogP contribution in [0.4, 0.5) is 0 Å². The lowest BCUT2D eigenvalue weighted by Gasteiger charge is -2.18. The molecule has 0 aliphatic heterocycles. The van der Waals surface area contributed by atoms with Crippen LogP contribution in [0.3, 0.4) is 0 Å². The summed E-state index contributed by atoms with van der Waals surface area (Å²) in [4.78, 5) is 2.36. The van der Waals surface area contributed by atoms with E-state index in [0.29, 0.717) is 6.04 Å². The van der Waals surface area contributed by atoms with Gasteiger partial charge in [0.15, 0.2) is 0 Å². The third-order valence-corrected chi connectivity index (χ3v) is 3.36. The van der Waals surface area contributed by atoms with Gasteiger partial charge >= 0.3 is 0 Å². The smallest absolute Gasteiger partial charge is 0.0239 e. The van der Waals surface area contributed by atoms with Crippen molar-refractivity contribution in [2.24, 2.45) is 0 Å². The summed E-state index contributed by atoms with van der Waals surface area (Å²) in [5.41, 5.74) is 1.42.